The normalized spacial score (nSPS) is 25.6. The van der Waals surface area contributed by atoms with Crippen LogP contribution in [0.25, 0.3) is 0 Å². The largest absolute Gasteiger partial charge is 0.312 e. The highest BCUT2D eigenvalue weighted by molar-refractivity contribution is 5.33. The van der Waals surface area contributed by atoms with E-state index < -0.39 is 0 Å². The Balaban J connectivity index is 2.15. The highest BCUT2D eigenvalue weighted by Gasteiger charge is 2.27. The number of nitrogens with zero attached hydrogens (tertiary/aromatic N) is 1. The van der Waals surface area contributed by atoms with Crippen molar-refractivity contribution in [3.63, 3.8) is 0 Å². The van der Waals surface area contributed by atoms with Crippen LogP contribution in [0.4, 0.5) is 0 Å². The summed E-state index contributed by atoms with van der Waals surface area (Å²) in [5.74, 6) is 0. The third-order valence-corrected chi connectivity index (χ3v) is 4.92. The second-order valence-electron chi connectivity index (χ2n) is 6.53. The molecule has 0 saturated carbocycles. The molecule has 0 bridgehead atoms. The summed E-state index contributed by atoms with van der Waals surface area (Å²) in [5.41, 5.74) is 4.20. The molecule has 20 heavy (non-hydrogen) atoms. The molecular weight excluding hydrogens is 244 g/mol. The summed E-state index contributed by atoms with van der Waals surface area (Å²) in [6.45, 7) is 10.3. The number of piperidine rings is 1. The second-order valence-corrected chi connectivity index (χ2v) is 6.53. The molecule has 0 spiro atoms. The first-order valence-corrected chi connectivity index (χ1v) is 8.03. The summed E-state index contributed by atoms with van der Waals surface area (Å²) in [4.78, 5) is 2.68. The molecule has 2 rings (SSSR count). The van der Waals surface area contributed by atoms with Gasteiger partial charge in [-0.3, -0.25) is 4.90 Å². The van der Waals surface area contributed by atoms with Crippen molar-refractivity contribution in [3.05, 3.63) is 34.9 Å². The molecule has 1 saturated heterocycles. The SMILES string of the molecule is CNC(CN1C(C)CCCC1C)c1ccc(C)cc1C. The summed E-state index contributed by atoms with van der Waals surface area (Å²) in [7, 11) is 2.09. The van der Waals surface area contributed by atoms with Crippen molar-refractivity contribution in [2.45, 2.75) is 65.1 Å². The van der Waals surface area contributed by atoms with Gasteiger partial charge in [0, 0.05) is 24.7 Å². The van der Waals surface area contributed by atoms with Gasteiger partial charge in [0.2, 0.25) is 0 Å². The van der Waals surface area contributed by atoms with E-state index >= 15 is 0 Å². The van der Waals surface area contributed by atoms with Gasteiger partial charge in [-0.15, -0.1) is 0 Å². The van der Waals surface area contributed by atoms with Crippen LogP contribution in [0.3, 0.4) is 0 Å². The fraction of sp³-hybridized carbons (Fsp3) is 0.667. The molecule has 112 valence electrons. The van der Waals surface area contributed by atoms with E-state index in [4.69, 9.17) is 0 Å². The maximum Gasteiger partial charge on any atom is 0.0449 e. The molecule has 0 radical (unpaired) electrons. The summed E-state index contributed by atoms with van der Waals surface area (Å²) in [5, 5.41) is 3.53. The molecule has 0 amide bonds. The third-order valence-electron chi connectivity index (χ3n) is 4.92. The average molecular weight is 274 g/mol. The standard InChI is InChI=1S/C18H30N2/c1-13-9-10-17(14(2)11-13)18(19-5)12-20-15(3)7-6-8-16(20)4/h9-11,15-16,18-19H,6-8,12H2,1-5H3. The molecule has 0 aromatic heterocycles. The zero-order chi connectivity index (χ0) is 14.7. The number of likely N-dealkylation sites (tertiary alicyclic amines) is 1. The predicted octanol–water partition coefficient (Wildman–Crippen LogP) is 3.83. The van der Waals surface area contributed by atoms with Gasteiger partial charge in [-0.05, 0) is 58.7 Å². The summed E-state index contributed by atoms with van der Waals surface area (Å²) < 4.78 is 0. The summed E-state index contributed by atoms with van der Waals surface area (Å²) >= 11 is 0. The monoisotopic (exact) mass is 274 g/mol. The van der Waals surface area contributed by atoms with Crippen molar-refractivity contribution in [1.82, 2.24) is 10.2 Å². The Labute approximate surface area is 124 Å². The zero-order valence-electron chi connectivity index (χ0n) is 13.7. The maximum absolute atomic E-state index is 3.53. The number of aryl methyl sites for hydroxylation is 2. The molecular formula is C18H30N2. The van der Waals surface area contributed by atoms with E-state index in [2.05, 4.69) is 63.2 Å². The molecule has 1 heterocycles. The van der Waals surface area contributed by atoms with E-state index in [0.29, 0.717) is 18.1 Å². The molecule has 1 aromatic carbocycles. The molecule has 0 aliphatic carbocycles. The minimum Gasteiger partial charge on any atom is -0.312 e. The maximum atomic E-state index is 3.53. The Kier molecular flexibility index (Phi) is 5.22. The van der Waals surface area contributed by atoms with Crippen LogP contribution in [-0.4, -0.2) is 30.6 Å². The van der Waals surface area contributed by atoms with E-state index in [1.165, 1.54) is 36.0 Å². The average Bonchev–Trinajstić information content (AvgIpc) is 2.40. The first-order valence-electron chi connectivity index (χ1n) is 8.03. The summed E-state index contributed by atoms with van der Waals surface area (Å²) in [6.07, 6.45) is 4.06. The van der Waals surface area contributed by atoms with Crippen molar-refractivity contribution in [1.29, 1.82) is 0 Å². The number of hydrogen-bond acceptors (Lipinski definition) is 2. The third kappa shape index (κ3) is 3.42. The Hall–Kier alpha value is -0.860. The molecule has 1 N–H and O–H groups in total. The topological polar surface area (TPSA) is 15.3 Å². The van der Waals surface area contributed by atoms with Crippen LogP contribution in [-0.2, 0) is 0 Å². The quantitative estimate of drug-likeness (QED) is 0.897. The van der Waals surface area contributed by atoms with Crippen molar-refractivity contribution >= 4 is 0 Å². The second kappa shape index (κ2) is 6.73. The highest BCUT2D eigenvalue weighted by atomic mass is 15.2. The van der Waals surface area contributed by atoms with Gasteiger partial charge in [-0.25, -0.2) is 0 Å². The van der Waals surface area contributed by atoms with Crippen LogP contribution >= 0.6 is 0 Å². The van der Waals surface area contributed by atoms with E-state index in [9.17, 15) is 0 Å². The van der Waals surface area contributed by atoms with E-state index in [-0.39, 0.29) is 0 Å². The molecule has 1 aromatic rings. The van der Waals surface area contributed by atoms with Crippen LogP contribution in [0.1, 0.15) is 55.8 Å². The molecule has 3 unspecified atom stereocenters. The molecule has 1 aliphatic heterocycles. The van der Waals surface area contributed by atoms with Crippen molar-refractivity contribution < 1.29 is 0 Å². The number of likely N-dealkylation sites (N-methyl/N-ethyl adjacent to an activating group) is 1. The van der Waals surface area contributed by atoms with Crippen LogP contribution in [0.2, 0.25) is 0 Å². The first-order chi connectivity index (χ1) is 9.52. The predicted molar refractivity (Wildman–Crippen MR) is 87.2 cm³/mol. The van der Waals surface area contributed by atoms with Crippen LogP contribution in [0.15, 0.2) is 18.2 Å². The fourth-order valence-electron chi connectivity index (χ4n) is 3.61. The van der Waals surface area contributed by atoms with E-state index in [1.807, 2.05) is 0 Å². The Bertz CT molecular complexity index is 431. The summed E-state index contributed by atoms with van der Waals surface area (Å²) in [6, 6.07) is 8.67. The van der Waals surface area contributed by atoms with Crippen LogP contribution in [0, 0.1) is 13.8 Å². The Morgan fingerprint density at radius 2 is 1.85 bits per heavy atom. The lowest BCUT2D eigenvalue weighted by Gasteiger charge is -2.41. The Morgan fingerprint density at radius 1 is 1.20 bits per heavy atom. The van der Waals surface area contributed by atoms with E-state index in [1.54, 1.807) is 0 Å². The number of nitrogens with one attached hydrogen (secondary N) is 1. The number of hydrogen-bond donors (Lipinski definition) is 1. The van der Waals surface area contributed by atoms with Gasteiger partial charge in [-0.2, -0.15) is 0 Å². The van der Waals surface area contributed by atoms with Gasteiger partial charge in [0.05, 0.1) is 0 Å². The lowest BCUT2D eigenvalue weighted by Crippen LogP contribution is -2.47. The number of benzene rings is 1. The fourth-order valence-corrected chi connectivity index (χ4v) is 3.61. The molecule has 1 fully saturated rings. The van der Waals surface area contributed by atoms with Crippen LogP contribution in [0.5, 0.6) is 0 Å². The van der Waals surface area contributed by atoms with Gasteiger partial charge < -0.3 is 5.32 Å². The minimum atomic E-state index is 0.429. The first kappa shape index (κ1) is 15.5. The van der Waals surface area contributed by atoms with E-state index in [0.717, 1.165) is 6.54 Å². The molecule has 3 atom stereocenters. The van der Waals surface area contributed by atoms with Crippen molar-refractivity contribution in [2.24, 2.45) is 0 Å². The zero-order valence-corrected chi connectivity index (χ0v) is 13.7. The van der Waals surface area contributed by atoms with Crippen molar-refractivity contribution in [2.75, 3.05) is 13.6 Å². The van der Waals surface area contributed by atoms with Gasteiger partial charge in [-0.1, -0.05) is 30.2 Å². The lowest BCUT2D eigenvalue weighted by atomic mass is 9.94. The Morgan fingerprint density at radius 3 is 2.40 bits per heavy atom. The molecule has 1 aliphatic rings. The highest BCUT2D eigenvalue weighted by Crippen LogP contribution is 2.27. The van der Waals surface area contributed by atoms with Gasteiger partial charge >= 0.3 is 0 Å². The lowest BCUT2D eigenvalue weighted by molar-refractivity contribution is 0.0919. The van der Waals surface area contributed by atoms with Gasteiger partial charge in [0.15, 0.2) is 0 Å². The van der Waals surface area contributed by atoms with Gasteiger partial charge in [0.1, 0.15) is 0 Å². The van der Waals surface area contributed by atoms with Gasteiger partial charge in [0.25, 0.3) is 0 Å². The van der Waals surface area contributed by atoms with Crippen LogP contribution < -0.4 is 5.32 Å². The molecule has 2 heteroatoms. The minimum absolute atomic E-state index is 0.429. The smallest absolute Gasteiger partial charge is 0.0449 e. The molecule has 2 nitrogen and oxygen atoms in total. The number of rotatable bonds is 4. The van der Waals surface area contributed by atoms with Crippen molar-refractivity contribution in [3.8, 4) is 0 Å².